The zero-order chi connectivity index (χ0) is 28.9. The molecule has 9 nitrogen and oxygen atoms in total. The van der Waals surface area contributed by atoms with Gasteiger partial charge in [0.05, 0.1) is 24.5 Å². The van der Waals surface area contributed by atoms with Gasteiger partial charge in [-0.15, -0.1) is 0 Å². The molecule has 4 aliphatic carbocycles. The molecule has 0 aliphatic heterocycles. The van der Waals surface area contributed by atoms with Gasteiger partial charge in [0.25, 0.3) is 0 Å². The van der Waals surface area contributed by atoms with Gasteiger partial charge in [0.1, 0.15) is 0 Å². The van der Waals surface area contributed by atoms with Crippen LogP contribution >= 0.6 is 0 Å². The standard InChI is InChI=1S/C31H39NO8/c1-29-12-10-22(33)15-21(29)8-9-23-24-11-13-30(2,31(24,3)16-25(34)28(23)29)26(35)18-39-27(36)14-19-6-4-5-7-20(19)17-40-32(37)38/h4-7,10,12,15,23-25,28,34,37-38H,8-9,11,13-14,16-18H2,1-3H3/t23-,24-,25-,28+,29-,30+,31-/m0/s1. The van der Waals surface area contributed by atoms with E-state index in [4.69, 9.17) is 15.2 Å². The Bertz CT molecular complexity index is 1260. The molecule has 9 heteroatoms. The minimum absolute atomic E-state index is 0.00185. The maximum absolute atomic E-state index is 13.7. The summed E-state index contributed by atoms with van der Waals surface area (Å²) in [7, 11) is 0. The molecule has 0 spiro atoms. The molecule has 0 bridgehead atoms. The number of esters is 1. The fraction of sp³-hybridized carbons (Fsp3) is 0.581. The molecular formula is C31H39NO8. The van der Waals surface area contributed by atoms with Crippen LogP contribution < -0.4 is 0 Å². The summed E-state index contributed by atoms with van der Waals surface area (Å²) < 4.78 is 5.47. The Morgan fingerprint density at radius 2 is 1.82 bits per heavy atom. The third-order valence-corrected chi connectivity index (χ3v) is 10.9. The average Bonchev–Trinajstić information content (AvgIpc) is 3.17. The van der Waals surface area contributed by atoms with Crippen LogP contribution in [0.25, 0.3) is 0 Å². The maximum atomic E-state index is 13.7. The third kappa shape index (κ3) is 4.77. The Morgan fingerprint density at radius 3 is 2.55 bits per heavy atom. The van der Waals surface area contributed by atoms with Crippen molar-refractivity contribution in [3.8, 4) is 0 Å². The van der Waals surface area contributed by atoms with E-state index in [1.165, 1.54) is 0 Å². The molecule has 0 saturated heterocycles. The number of hydrogen-bond acceptors (Lipinski definition) is 9. The molecule has 0 amide bonds. The Morgan fingerprint density at radius 1 is 1.10 bits per heavy atom. The van der Waals surface area contributed by atoms with Crippen LogP contribution in [0, 0.1) is 34.0 Å². The summed E-state index contributed by atoms with van der Waals surface area (Å²) in [5.74, 6) is -0.199. The number of allylic oxidation sites excluding steroid dienone is 4. The highest BCUT2D eigenvalue weighted by Gasteiger charge is 2.66. The van der Waals surface area contributed by atoms with Crippen LogP contribution in [0.1, 0.15) is 64.0 Å². The zero-order valence-electron chi connectivity index (χ0n) is 23.3. The van der Waals surface area contributed by atoms with E-state index >= 15 is 0 Å². The average molecular weight is 554 g/mol. The van der Waals surface area contributed by atoms with E-state index in [1.807, 2.05) is 13.0 Å². The lowest BCUT2D eigenvalue weighted by Gasteiger charge is -2.60. The number of carbonyl (C=O) groups excluding carboxylic acids is 3. The number of benzene rings is 1. The zero-order valence-corrected chi connectivity index (χ0v) is 23.3. The Balaban J connectivity index is 1.27. The number of ether oxygens (including phenoxy) is 1. The number of aliphatic hydroxyl groups is 1. The topological polar surface area (TPSA) is 134 Å². The number of nitrogens with zero attached hydrogens (tertiary/aromatic N) is 1. The first-order valence-electron chi connectivity index (χ1n) is 14.1. The van der Waals surface area contributed by atoms with Crippen LogP contribution in [0.15, 0.2) is 48.1 Å². The summed E-state index contributed by atoms with van der Waals surface area (Å²) in [6.45, 7) is 5.74. The number of fused-ring (bicyclic) bond motifs is 5. The van der Waals surface area contributed by atoms with Gasteiger partial charge in [0.2, 0.25) is 0 Å². The molecule has 0 heterocycles. The second-order valence-electron chi connectivity index (χ2n) is 12.6. The minimum atomic E-state index is -0.739. The van der Waals surface area contributed by atoms with Gasteiger partial charge >= 0.3 is 5.97 Å². The Labute approximate surface area is 234 Å². The molecule has 1 aromatic rings. The molecule has 0 aromatic heterocycles. The molecule has 3 N–H and O–H groups in total. The highest BCUT2D eigenvalue weighted by Crippen LogP contribution is 2.69. The largest absolute Gasteiger partial charge is 0.457 e. The smallest absolute Gasteiger partial charge is 0.310 e. The molecule has 40 heavy (non-hydrogen) atoms. The van der Waals surface area contributed by atoms with Crippen LogP contribution in [0.2, 0.25) is 0 Å². The van der Waals surface area contributed by atoms with Crippen molar-refractivity contribution in [3.63, 3.8) is 0 Å². The summed E-state index contributed by atoms with van der Waals surface area (Å²) in [6.07, 6.45) is 8.39. The molecule has 0 unspecified atom stereocenters. The third-order valence-electron chi connectivity index (χ3n) is 10.9. The van der Waals surface area contributed by atoms with E-state index < -0.39 is 22.9 Å². The summed E-state index contributed by atoms with van der Waals surface area (Å²) in [6, 6.07) is 6.91. The predicted octanol–water partition coefficient (Wildman–Crippen LogP) is 4.14. The molecule has 5 rings (SSSR count). The van der Waals surface area contributed by atoms with Gasteiger partial charge in [-0.3, -0.25) is 24.8 Å². The van der Waals surface area contributed by atoms with E-state index in [2.05, 4.69) is 18.7 Å². The van der Waals surface area contributed by atoms with Crippen molar-refractivity contribution >= 4 is 17.5 Å². The lowest BCUT2D eigenvalue weighted by Crippen LogP contribution is -2.58. The molecular weight excluding hydrogens is 514 g/mol. The van der Waals surface area contributed by atoms with Crippen molar-refractivity contribution in [1.29, 1.82) is 0 Å². The van der Waals surface area contributed by atoms with Crippen LogP contribution in [0.4, 0.5) is 0 Å². The predicted molar refractivity (Wildman–Crippen MR) is 142 cm³/mol. The number of hydrogen-bond donors (Lipinski definition) is 3. The fourth-order valence-electron chi connectivity index (χ4n) is 8.54. The molecule has 4 aliphatic rings. The van der Waals surface area contributed by atoms with Crippen LogP contribution in [0.3, 0.4) is 0 Å². The highest BCUT2D eigenvalue weighted by molar-refractivity contribution is 6.01. The van der Waals surface area contributed by atoms with Gasteiger partial charge in [-0.05, 0) is 72.6 Å². The van der Waals surface area contributed by atoms with Crippen molar-refractivity contribution in [2.75, 3.05) is 6.61 Å². The lowest BCUT2D eigenvalue weighted by molar-refractivity contribution is -0.497. The Kier molecular flexibility index (Phi) is 7.65. The normalized spacial score (nSPS) is 36.5. The summed E-state index contributed by atoms with van der Waals surface area (Å²) in [5.41, 5.74) is 0.749. The first kappa shape index (κ1) is 28.8. The highest BCUT2D eigenvalue weighted by atomic mass is 17.1. The second kappa shape index (κ2) is 10.6. The van der Waals surface area contributed by atoms with Crippen molar-refractivity contribution in [2.24, 2.45) is 34.0 Å². The molecule has 3 fully saturated rings. The first-order valence-corrected chi connectivity index (χ1v) is 14.1. The molecule has 0 radical (unpaired) electrons. The number of Topliss-reactive ketones (excluding diaryl/α,β-unsaturated/α-hetero) is 1. The van der Waals surface area contributed by atoms with Gasteiger partial charge in [0.15, 0.2) is 18.2 Å². The van der Waals surface area contributed by atoms with Crippen molar-refractivity contribution in [3.05, 3.63) is 59.2 Å². The van der Waals surface area contributed by atoms with E-state index in [9.17, 15) is 19.5 Å². The van der Waals surface area contributed by atoms with Gasteiger partial charge in [-0.2, -0.15) is 0 Å². The van der Waals surface area contributed by atoms with E-state index in [0.29, 0.717) is 24.0 Å². The van der Waals surface area contributed by atoms with E-state index in [0.717, 1.165) is 24.8 Å². The monoisotopic (exact) mass is 553 g/mol. The van der Waals surface area contributed by atoms with Gasteiger partial charge < -0.3 is 9.84 Å². The summed E-state index contributed by atoms with van der Waals surface area (Å²) in [5, 5.41) is 28.9. The first-order chi connectivity index (χ1) is 18.9. The van der Waals surface area contributed by atoms with Gasteiger partial charge in [-0.25, -0.2) is 4.84 Å². The SMILES string of the molecule is C[C@]12C=CC(=O)C=C1CC[C@@H]1[C@@H]2[C@@H](O)C[C@@]2(C)[C@H]1CC[C@]2(C)C(=O)COC(=O)Cc1ccccc1CON(O)O. The number of ketones is 2. The minimum Gasteiger partial charge on any atom is -0.457 e. The lowest BCUT2D eigenvalue weighted by atomic mass is 9.45. The van der Waals surface area contributed by atoms with E-state index in [1.54, 1.807) is 36.4 Å². The summed E-state index contributed by atoms with van der Waals surface area (Å²) in [4.78, 5) is 43.2. The van der Waals surface area contributed by atoms with Crippen molar-refractivity contribution < 1.29 is 39.5 Å². The number of aliphatic hydroxyl groups excluding tert-OH is 1. The molecule has 216 valence electrons. The maximum Gasteiger partial charge on any atom is 0.310 e. The van der Waals surface area contributed by atoms with Crippen molar-refractivity contribution in [2.45, 2.75) is 72.0 Å². The molecule has 1 aromatic carbocycles. The van der Waals surface area contributed by atoms with Crippen LogP contribution in [-0.2, 0) is 37.0 Å². The van der Waals surface area contributed by atoms with Gasteiger partial charge in [0, 0.05) is 16.7 Å². The quantitative estimate of drug-likeness (QED) is 0.321. The van der Waals surface area contributed by atoms with Crippen LogP contribution in [-0.4, -0.2) is 51.2 Å². The fourth-order valence-corrected chi connectivity index (χ4v) is 8.54. The van der Waals surface area contributed by atoms with Crippen LogP contribution in [0.5, 0.6) is 0 Å². The number of rotatable bonds is 8. The molecule has 3 saturated carbocycles. The molecule has 7 atom stereocenters. The van der Waals surface area contributed by atoms with Gasteiger partial charge in [-0.1, -0.05) is 56.7 Å². The van der Waals surface area contributed by atoms with Crippen molar-refractivity contribution in [1.82, 2.24) is 5.39 Å². The summed E-state index contributed by atoms with van der Waals surface area (Å²) >= 11 is 0. The van der Waals surface area contributed by atoms with E-state index in [-0.39, 0.29) is 59.8 Å². The number of carbonyl (C=O) groups is 3. The Hall–Kier alpha value is -2.69. The second-order valence-corrected chi connectivity index (χ2v) is 12.6.